The minimum atomic E-state index is -1.01. The Morgan fingerprint density at radius 2 is 1.84 bits per heavy atom. The second kappa shape index (κ2) is 10.9. The molecule has 37 heavy (non-hydrogen) atoms. The number of para-hydroxylation sites is 2. The molecular formula is C28H32ClN5O3. The smallest absolute Gasteiger partial charge is 0.266 e. The second-order valence-electron chi connectivity index (χ2n) is 9.73. The molecule has 2 saturated heterocycles. The molecule has 8 nitrogen and oxygen atoms in total. The first-order chi connectivity index (χ1) is 18.0. The van der Waals surface area contributed by atoms with Gasteiger partial charge in [-0.2, -0.15) is 10.2 Å². The zero-order valence-corrected chi connectivity index (χ0v) is 21.7. The standard InChI is InChI=1S/C28H32ClN5O3/c1-33(20-10-14-30-15-11-20)27(36)28(37-26-9-5-3-7-23(26)29)12-16-34(17-13-28)21-18-24(32-31-19-21)22-6-2-4-8-25(22)35/h2-9,18-20,30,35H,10-17H2,1H3. The number of carbonyl (C=O) groups excluding carboxylic acids is 1. The molecule has 0 unspecified atom stereocenters. The van der Waals surface area contributed by atoms with Crippen molar-refractivity contribution in [3.8, 4) is 22.8 Å². The van der Waals surface area contributed by atoms with Gasteiger partial charge < -0.3 is 25.0 Å². The summed E-state index contributed by atoms with van der Waals surface area (Å²) < 4.78 is 6.51. The zero-order chi connectivity index (χ0) is 25.8. The van der Waals surface area contributed by atoms with Crippen LogP contribution in [-0.2, 0) is 4.79 Å². The highest BCUT2D eigenvalue weighted by atomic mass is 35.5. The molecule has 0 atom stereocenters. The van der Waals surface area contributed by atoms with Crippen molar-refractivity contribution in [2.45, 2.75) is 37.3 Å². The van der Waals surface area contributed by atoms with Crippen LogP contribution < -0.4 is 15.0 Å². The van der Waals surface area contributed by atoms with E-state index in [2.05, 4.69) is 20.4 Å². The van der Waals surface area contributed by atoms with Gasteiger partial charge in [0.25, 0.3) is 5.91 Å². The number of nitrogens with zero attached hydrogens (tertiary/aromatic N) is 4. The summed E-state index contributed by atoms with van der Waals surface area (Å²) in [4.78, 5) is 18.1. The number of carbonyl (C=O) groups is 1. The van der Waals surface area contributed by atoms with Crippen molar-refractivity contribution in [3.05, 3.63) is 65.8 Å². The highest BCUT2D eigenvalue weighted by Gasteiger charge is 2.47. The Balaban J connectivity index is 1.39. The number of hydrogen-bond acceptors (Lipinski definition) is 7. The van der Waals surface area contributed by atoms with E-state index >= 15 is 0 Å². The monoisotopic (exact) mass is 521 g/mol. The molecule has 9 heteroatoms. The Kier molecular flexibility index (Phi) is 7.48. The predicted octanol–water partition coefficient (Wildman–Crippen LogP) is 4.13. The average molecular weight is 522 g/mol. The number of phenolic OH excluding ortho intramolecular Hbond substituents is 1. The first kappa shape index (κ1) is 25.3. The lowest BCUT2D eigenvalue weighted by Gasteiger charge is -2.45. The first-order valence-electron chi connectivity index (χ1n) is 12.7. The summed E-state index contributed by atoms with van der Waals surface area (Å²) in [6.07, 6.45) is 4.57. The van der Waals surface area contributed by atoms with E-state index in [0.717, 1.165) is 31.6 Å². The van der Waals surface area contributed by atoms with Crippen LogP contribution in [0.5, 0.6) is 11.5 Å². The van der Waals surface area contributed by atoms with Crippen molar-refractivity contribution in [1.29, 1.82) is 0 Å². The number of nitrogens with one attached hydrogen (secondary N) is 1. The number of halogens is 1. The molecule has 2 aromatic carbocycles. The quantitative estimate of drug-likeness (QED) is 0.504. The molecule has 0 spiro atoms. The molecule has 0 aliphatic carbocycles. The number of hydrogen-bond donors (Lipinski definition) is 2. The molecule has 0 bridgehead atoms. The van der Waals surface area contributed by atoms with Crippen molar-refractivity contribution >= 4 is 23.2 Å². The topological polar surface area (TPSA) is 90.8 Å². The fourth-order valence-electron chi connectivity index (χ4n) is 5.26. The van der Waals surface area contributed by atoms with Crippen LogP contribution >= 0.6 is 11.6 Å². The second-order valence-corrected chi connectivity index (χ2v) is 10.1. The normalized spacial score (nSPS) is 17.8. The lowest BCUT2D eigenvalue weighted by molar-refractivity contribution is -0.151. The van der Waals surface area contributed by atoms with Crippen LogP contribution in [0.25, 0.3) is 11.3 Å². The third-order valence-electron chi connectivity index (χ3n) is 7.46. The first-order valence-corrected chi connectivity index (χ1v) is 13.1. The van der Waals surface area contributed by atoms with Gasteiger partial charge in [0.05, 0.1) is 22.6 Å². The van der Waals surface area contributed by atoms with E-state index in [9.17, 15) is 9.90 Å². The van der Waals surface area contributed by atoms with Gasteiger partial charge in [0.1, 0.15) is 11.5 Å². The zero-order valence-electron chi connectivity index (χ0n) is 20.9. The number of amides is 1. The number of rotatable bonds is 6. The average Bonchev–Trinajstić information content (AvgIpc) is 2.95. The van der Waals surface area contributed by atoms with Crippen LogP contribution in [0.4, 0.5) is 5.69 Å². The highest BCUT2D eigenvalue weighted by Crippen LogP contribution is 2.37. The number of likely N-dealkylation sites (N-methyl/N-ethyl adjacent to an activating group) is 1. The van der Waals surface area contributed by atoms with E-state index in [1.165, 1.54) is 0 Å². The van der Waals surface area contributed by atoms with E-state index in [0.29, 0.717) is 48.0 Å². The summed E-state index contributed by atoms with van der Waals surface area (Å²) in [5.41, 5.74) is 1.10. The van der Waals surface area contributed by atoms with Crippen molar-refractivity contribution in [1.82, 2.24) is 20.4 Å². The van der Waals surface area contributed by atoms with Gasteiger partial charge in [0.15, 0.2) is 5.60 Å². The van der Waals surface area contributed by atoms with E-state index in [4.69, 9.17) is 16.3 Å². The molecule has 2 aliphatic rings. The van der Waals surface area contributed by atoms with Crippen LogP contribution in [0.3, 0.4) is 0 Å². The van der Waals surface area contributed by atoms with Gasteiger partial charge in [0.2, 0.25) is 0 Å². The van der Waals surface area contributed by atoms with E-state index < -0.39 is 5.60 Å². The van der Waals surface area contributed by atoms with Crippen LogP contribution in [0.2, 0.25) is 5.02 Å². The van der Waals surface area contributed by atoms with Crippen molar-refractivity contribution < 1.29 is 14.6 Å². The number of aromatic nitrogens is 2. The molecule has 3 aromatic rings. The summed E-state index contributed by atoms with van der Waals surface area (Å²) in [6.45, 7) is 3.01. The van der Waals surface area contributed by atoms with Crippen molar-refractivity contribution in [2.75, 3.05) is 38.1 Å². The minimum Gasteiger partial charge on any atom is -0.507 e. The molecule has 5 rings (SSSR count). The third kappa shape index (κ3) is 5.36. The maximum Gasteiger partial charge on any atom is 0.266 e. The Morgan fingerprint density at radius 3 is 2.57 bits per heavy atom. The number of phenols is 1. The van der Waals surface area contributed by atoms with Crippen LogP contribution in [0.15, 0.2) is 60.8 Å². The molecule has 2 aliphatic heterocycles. The maximum absolute atomic E-state index is 14.0. The Bertz CT molecular complexity index is 1240. The lowest BCUT2D eigenvalue weighted by Crippen LogP contribution is -2.60. The van der Waals surface area contributed by atoms with Crippen molar-refractivity contribution in [2.24, 2.45) is 0 Å². The third-order valence-corrected chi connectivity index (χ3v) is 7.78. The van der Waals surface area contributed by atoms with Crippen LogP contribution in [-0.4, -0.2) is 71.0 Å². The fraction of sp³-hybridized carbons (Fsp3) is 0.393. The molecule has 2 fully saturated rings. The molecule has 2 N–H and O–H groups in total. The van der Waals surface area contributed by atoms with Gasteiger partial charge in [0, 0.05) is 44.6 Å². The molecule has 194 valence electrons. The summed E-state index contributed by atoms with van der Waals surface area (Å²) >= 11 is 6.45. The van der Waals surface area contributed by atoms with E-state index in [1.54, 1.807) is 24.4 Å². The molecule has 1 aromatic heterocycles. The molecular weight excluding hydrogens is 490 g/mol. The Hall–Kier alpha value is -3.36. The van der Waals surface area contributed by atoms with Crippen LogP contribution in [0, 0.1) is 0 Å². The van der Waals surface area contributed by atoms with Gasteiger partial charge in [-0.05, 0) is 56.3 Å². The van der Waals surface area contributed by atoms with Crippen molar-refractivity contribution in [3.63, 3.8) is 0 Å². The number of aromatic hydroxyl groups is 1. The predicted molar refractivity (Wildman–Crippen MR) is 144 cm³/mol. The van der Waals surface area contributed by atoms with Gasteiger partial charge in [-0.25, -0.2) is 0 Å². The molecule has 0 saturated carbocycles. The van der Waals surface area contributed by atoms with E-state index in [-0.39, 0.29) is 17.7 Å². The largest absolute Gasteiger partial charge is 0.507 e. The maximum atomic E-state index is 14.0. The number of ether oxygens (including phenoxy) is 1. The van der Waals surface area contributed by atoms with Gasteiger partial charge >= 0.3 is 0 Å². The lowest BCUT2D eigenvalue weighted by atomic mass is 9.88. The number of piperidine rings is 2. The Labute approximate surface area is 222 Å². The summed E-state index contributed by atoms with van der Waals surface area (Å²) in [6, 6.07) is 16.5. The van der Waals surface area contributed by atoms with Gasteiger partial charge in [-0.3, -0.25) is 4.79 Å². The van der Waals surface area contributed by atoms with Gasteiger partial charge in [-0.15, -0.1) is 0 Å². The minimum absolute atomic E-state index is 0.00159. The van der Waals surface area contributed by atoms with Gasteiger partial charge in [-0.1, -0.05) is 35.9 Å². The Morgan fingerprint density at radius 1 is 1.14 bits per heavy atom. The van der Waals surface area contributed by atoms with E-state index in [1.807, 2.05) is 48.3 Å². The highest BCUT2D eigenvalue weighted by molar-refractivity contribution is 6.32. The fourth-order valence-corrected chi connectivity index (χ4v) is 5.43. The van der Waals surface area contributed by atoms with Crippen LogP contribution in [0.1, 0.15) is 25.7 Å². The molecule has 3 heterocycles. The number of benzene rings is 2. The number of anilines is 1. The SMILES string of the molecule is CN(C(=O)C1(Oc2ccccc2Cl)CCN(c2cnnc(-c3ccccc3O)c2)CC1)C1CCNCC1. The summed E-state index contributed by atoms with van der Waals surface area (Å²) in [7, 11) is 1.90. The summed E-state index contributed by atoms with van der Waals surface area (Å²) in [5.74, 6) is 0.685. The molecule has 0 radical (unpaired) electrons. The summed E-state index contributed by atoms with van der Waals surface area (Å²) in [5, 5.41) is 22.5. The molecule has 1 amide bonds.